The molecule has 236 valence electrons. The number of unbranched alkanes of at least 4 members (excludes halogenated alkanes) is 5. The molecule has 1 saturated heterocycles. The Bertz CT molecular complexity index is 871. The van der Waals surface area contributed by atoms with E-state index in [2.05, 4.69) is 22.9 Å². The van der Waals surface area contributed by atoms with Crippen molar-refractivity contribution in [2.75, 3.05) is 6.61 Å². The van der Waals surface area contributed by atoms with Gasteiger partial charge in [0.05, 0.1) is 13.0 Å². The largest absolute Gasteiger partial charge is 0.481 e. The first-order valence-corrected chi connectivity index (χ1v) is 16.3. The van der Waals surface area contributed by atoms with Crippen molar-refractivity contribution >= 4 is 17.9 Å². The van der Waals surface area contributed by atoms with Gasteiger partial charge in [0.1, 0.15) is 6.10 Å². The topological polar surface area (TPSA) is 126 Å². The molecule has 41 heavy (non-hydrogen) atoms. The number of hydrogen-bond donors (Lipinski definition) is 4. The van der Waals surface area contributed by atoms with Crippen molar-refractivity contribution in [3.05, 3.63) is 0 Å². The van der Waals surface area contributed by atoms with E-state index in [0.717, 1.165) is 64.2 Å². The van der Waals surface area contributed by atoms with Crippen molar-refractivity contribution in [1.82, 2.24) is 16.0 Å². The summed E-state index contributed by atoms with van der Waals surface area (Å²) in [6.07, 6.45) is 15.0. The van der Waals surface area contributed by atoms with E-state index in [-0.39, 0.29) is 35.9 Å². The van der Waals surface area contributed by atoms with Crippen LogP contribution < -0.4 is 16.0 Å². The highest BCUT2D eigenvalue weighted by molar-refractivity contribution is 5.83. The molecule has 4 unspecified atom stereocenters. The van der Waals surface area contributed by atoms with Crippen LogP contribution in [0.15, 0.2) is 0 Å². The average molecular weight is 580 g/mol. The SMILES string of the molecule is CCCCCCCCC1(NC(=O)NC2CCCCCC2C(CC(=O)O)NC(=O)C2OC(C)(C)OCC2(C)C)CCC1. The molecule has 9 heteroatoms. The molecule has 4 atom stereocenters. The second-order valence-corrected chi connectivity index (χ2v) is 14.0. The van der Waals surface area contributed by atoms with Crippen LogP contribution in [0.5, 0.6) is 0 Å². The molecule has 2 saturated carbocycles. The molecule has 3 fully saturated rings. The summed E-state index contributed by atoms with van der Waals surface area (Å²) in [7, 11) is 0. The maximum atomic E-state index is 13.6. The van der Waals surface area contributed by atoms with E-state index in [4.69, 9.17) is 9.47 Å². The van der Waals surface area contributed by atoms with Crippen LogP contribution in [0, 0.1) is 11.3 Å². The lowest BCUT2D eigenvalue weighted by atomic mass is 9.73. The second kappa shape index (κ2) is 15.0. The summed E-state index contributed by atoms with van der Waals surface area (Å²) in [6, 6.07) is -0.994. The van der Waals surface area contributed by atoms with Crippen LogP contribution in [0.1, 0.15) is 137 Å². The normalized spacial score (nSPS) is 27.5. The number of carboxylic acid groups (broad SMARTS) is 1. The first-order valence-electron chi connectivity index (χ1n) is 16.3. The third-order valence-corrected chi connectivity index (χ3v) is 9.46. The van der Waals surface area contributed by atoms with Crippen LogP contribution in [0.2, 0.25) is 0 Å². The summed E-state index contributed by atoms with van der Waals surface area (Å²) in [5, 5.41) is 19.4. The van der Waals surface area contributed by atoms with Gasteiger partial charge in [0.15, 0.2) is 5.79 Å². The predicted octanol–water partition coefficient (Wildman–Crippen LogP) is 6.05. The van der Waals surface area contributed by atoms with Crippen LogP contribution in [0.4, 0.5) is 4.79 Å². The summed E-state index contributed by atoms with van der Waals surface area (Å²) in [6.45, 7) is 9.98. The lowest BCUT2D eigenvalue weighted by Gasteiger charge is -2.45. The van der Waals surface area contributed by atoms with Gasteiger partial charge in [0.2, 0.25) is 5.91 Å². The van der Waals surface area contributed by atoms with Gasteiger partial charge in [-0.1, -0.05) is 78.6 Å². The molecule has 2 aliphatic carbocycles. The number of rotatable bonds is 14. The van der Waals surface area contributed by atoms with Gasteiger partial charge in [-0.05, 0) is 52.4 Å². The minimum absolute atomic E-state index is 0.122. The smallest absolute Gasteiger partial charge is 0.315 e. The maximum absolute atomic E-state index is 13.6. The average Bonchev–Trinajstić information content (AvgIpc) is 3.10. The Morgan fingerprint density at radius 3 is 2.27 bits per heavy atom. The Labute approximate surface area is 247 Å². The molecule has 3 rings (SSSR count). The van der Waals surface area contributed by atoms with Gasteiger partial charge >= 0.3 is 12.0 Å². The van der Waals surface area contributed by atoms with Gasteiger partial charge in [0, 0.05) is 29.0 Å². The number of hydrogen-bond acceptors (Lipinski definition) is 5. The first-order chi connectivity index (χ1) is 19.4. The van der Waals surface area contributed by atoms with Gasteiger partial charge < -0.3 is 30.5 Å². The fourth-order valence-corrected chi connectivity index (χ4v) is 6.80. The molecule has 1 aliphatic heterocycles. The molecule has 0 aromatic carbocycles. The van der Waals surface area contributed by atoms with Crippen molar-refractivity contribution in [3.63, 3.8) is 0 Å². The first kappa shape index (κ1) is 33.6. The highest BCUT2D eigenvalue weighted by Crippen LogP contribution is 2.37. The summed E-state index contributed by atoms with van der Waals surface area (Å²) < 4.78 is 11.8. The van der Waals surface area contributed by atoms with Crippen LogP contribution in [0.3, 0.4) is 0 Å². The van der Waals surface area contributed by atoms with E-state index >= 15 is 0 Å². The number of carbonyl (C=O) groups is 3. The van der Waals surface area contributed by atoms with E-state index in [0.29, 0.717) is 6.61 Å². The Hall–Kier alpha value is -1.87. The zero-order chi connectivity index (χ0) is 30.1. The summed E-state index contributed by atoms with van der Waals surface area (Å²) in [4.78, 5) is 38.9. The number of carbonyl (C=O) groups excluding carboxylic acids is 2. The van der Waals surface area contributed by atoms with Crippen molar-refractivity contribution in [3.8, 4) is 0 Å². The molecule has 0 spiro atoms. The number of nitrogens with one attached hydrogen (secondary N) is 3. The summed E-state index contributed by atoms with van der Waals surface area (Å²) in [5.41, 5.74) is -0.690. The van der Waals surface area contributed by atoms with Gasteiger partial charge in [-0.3, -0.25) is 9.59 Å². The van der Waals surface area contributed by atoms with Crippen LogP contribution >= 0.6 is 0 Å². The zero-order valence-electron chi connectivity index (χ0n) is 26.3. The third kappa shape index (κ3) is 10.1. The molecule has 0 aromatic heterocycles. The summed E-state index contributed by atoms with van der Waals surface area (Å²) >= 11 is 0. The molecule has 3 amide bonds. The Morgan fingerprint density at radius 2 is 1.61 bits per heavy atom. The molecule has 0 bridgehead atoms. The number of ether oxygens (including phenoxy) is 2. The van der Waals surface area contributed by atoms with Gasteiger partial charge in [-0.15, -0.1) is 0 Å². The van der Waals surface area contributed by atoms with Gasteiger partial charge in [0.25, 0.3) is 0 Å². The fraction of sp³-hybridized carbons (Fsp3) is 0.906. The van der Waals surface area contributed by atoms with Gasteiger partial charge in [-0.25, -0.2) is 4.79 Å². The van der Waals surface area contributed by atoms with Crippen molar-refractivity contribution in [2.45, 2.75) is 167 Å². The number of amides is 3. The van der Waals surface area contributed by atoms with Crippen molar-refractivity contribution in [1.29, 1.82) is 0 Å². The minimum atomic E-state index is -0.970. The van der Waals surface area contributed by atoms with E-state index in [1.54, 1.807) is 13.8 Å². The second-order valence-electron chi connectivity index (χ2n) is 14.0. The fourth-order valence-electron chi connectivity index (χ4n) is 6.80. The van der Waals surface area contributed by atoms with Crippen LogP contribution in [0.25, 0.3) is 0 Å². The molecule has 3 aliphatic rings. The standard InChI is InChI=1S/C32H57N3O6/c1-6-7-8-9-10-14-18-32(19-15-20-32)35-29(39)34-24-17-13-11-12-16-23(24)25(21-26(36)37)33-28(38)27-30(2,3)22-40-31(4,5)41-27/h23-25,27H,6-22H2,1-5H3,(H,33,38)(H,36,37)(H2,34,35,39). The third-order valence-electron chi connectivity index (χ3n) is 9.46. The zero-order valence-corrected chi connectivity index (χ0v) is 26.3. The van der Waals surface area contributed by atoms with E-state index in [1.165, 1.54) is 32.1 Å². The molecular formula is C32H57N3O6. The molecule has 9 nitrogen and oxygen atoms in total. The highest BCUT2D eigenvalue weighted by Gasteiger charge is 2.47. The molecule has 1 heterocycles. The molecule has 4 N–H and O–H groups in total. The monoisotopic (exact) mass is 579 g/mol. The lowest BCUT2D eigenvalue weighted by molar-refractivity contribution is -0.304. The van der Waals surface area contributed by atoms with Crippen molar-refractivity contribution < 1.29 is 29.0 Å². The number of urea groups is 1. The van der Waals surface area contributed by atoms with Crippen LogP contribution in [-0.4, -0.2) is 59.1 Å². The number of carboxylic acids is 1. The maximum Gasteiger partial charge on any atom is 0.315 e. The van der Waals surface area contributed by atoms with E-state index in [9.17, 15) is 19.5 Å². The predicted molar refractivity (Wildman–Crippen MR) is 159 cm³/mol. The molecule has 0 aromatic rings. The highest BCUT2D eigenvalue weighted by atomic mass is 16.7. The Morgan fingerprint density at radius 1 is 0.927 bits per heavy atom. The van der Waals surface area contributed by atoms with Crippen LogP contribution in [-0.2, 0) is 19.1 Å². The molecule has 0 radical (unpaired) electrons. The lowest BCUT2D eigenvalue weighted by Crippen LogP contribution is -2.61. The summed E-state index contributed by atoms with van der Waals surface area (Å²) in [5.74, 6) is -2.38. The Balaban J connectivity index is 1.66. The molecular weight excluding hydrogens is 522 g/mol. The Kier molecular flexibility index (Phi) is 12.3. The quantitative estimate of drug-likeness (QED) is 0.147. The minimum Gasteiger partial charge on any atom is -0.481 e. The van der Waals surface area contributed by atoms with E-state index < -0.39 is 29.3 Å². The van der Waals surface area contributed by atoms with E-state index in [1.807, 2.05) is 13.8 Å². The number of aliphatic carboxylic acids is 1. The van der Waals surface area contributed by atoms with Crippen molar-refractivity contribution in [2.24, 2.45) is 11.3 Å². The van der Waals surface area contributed by atoms with Gasteiger partial charge in [-0.2, -0.15) is 0 Å².